The number of hydrogen-bond donors (Lipinski definition) is 1. The summed E-state index contributed by atoms with van der Waals surface area (Å²) < 4.78 is 1.77. The van der Waals surface area contributed by atoms with Gasteiger partial charge in [-0.3, -0.25) is 14.9 Å². The molecule has 0 aliphatic carbocycles. The first-order valence-corrected chi connectivity index (χ1v) is 8.25. The lowest BCUT2D eigenvalue weighted by atomic mass is 10.0. The zero-order valence-electron chi connectivity index (χ0n) is 14.2. The van der Waals surface area contributed by atoms with Crippen LogP contribution >= 0.6 is 0 Å². The molecule has 25 heavy (non-hydrogen) atoms. The SMILES string of the molecule is CC(C)C(CC(=O)NC(=O)c1ccccc1)n1nnc2ccccc21. The summed E-state index contributed by atoms with van der Waals surface area (Å²) in [6.45, 7) is 4.04. The van der Waals surface area contributed by atoms with E-state index in [-0.39, 0.29) is 24.3 Å². The standard InChI is InChI=1S/C19H20N4O2/c1-13(2)17(23-16-11-7-6-10-15(16)21-22-23)12-18(24)20-19(25)14-8-4-3-5-9-14/h3-11,13,17H,12H2,1-2H3,(H,20,24,25). The summed E-state index contributed by atoms with van der Waals surface area (Å²) in [6.07, 6.45) is 0.156. The van der Waals surface area contributed by atoms with Crippen LogP contribution in [0.4, 0.5) is 0 Å². The molecule has 1 N–H and O–H groups in total. The third kappa shape index (κ3) is 3.74. The Hall–Kier alpha value is -3.02. The van der Waals surface area contributed by atoms with Crippen molar-refractivity contribution < 1.29 is 9.59 Å². The maximum atomic E-state index is 12.4. The molecule has 6 nitrogen and oxygen atoms in total. The van der Waals surface area contributed by atoms with Crippen molar-refractivity contribution in [3.8, 4) is 0 Å². The number of carbonyl (C=O) groups excluding carboxylic acids is 2. The number of nitrogens with one attached hydrogen (secondary N) is 1. The predicted molar refractivity (Wildman–Crippen MR) is 94.9 cm³/mol. The Kier molecular flexibility index (Phi) is 4.88. The maximum Gasteiger partial charge on any atom is 0.257 e. The van der Waals surface area contributed by atoms with E-state index in [1.165, 1.54) is 0 Å². The van der Waals surface area contributed by atoms with Crippen LogP contribution in [-0.2, 0) is 4.79 Å². The smallest absolute Gasteiger partial charge is 0.257 e. The van der Waals surface area contributed by atoms with Crippen LogP contribution < -0.4 is 5.32 Å². The van der Waals surface area contributed by atoms with E-state index in [9.17, 15) is 9.59 Å². The zero-order valence-corrected chi connectivity index (χ0v) is 14.2. The molecule has 6 heteroatoms. The lowest BCUT2D eigenvalue weighted by Crippen LogP contribution is -2.33. The van der Waals surface area contributed by atoms with E-state index in [4.69, 9.17) is 0 Å². The molecule has 1 heterocycles. The van der Waals surface area contributed by atoms with Gasteiger partial charge in [0.15, 0.2) is 0 Å². The zero-order chi connectivity index (χ0) is 17.8. The molecular weight excluding hydrogens is 316 g/mol. The molecule has 0 radical (unpaired) electrons. The first kappa shape index (κ1) is 16.8. The van der Waals surface area contributed by atoms with E-state index in [1.807, 2.05) is 44.2 Å². The summed E-state index contributed by atoms with van der Waals surface area (Å²) in [5.74, 6) is -0.564. The van der Waals surface area contributed by atoms with Gasteiger partial charge in [-0.1, -0.05) is 49.4 Å². The third-order valence-corrected chi connectivity index (χ3v) is 4.14. The topological polar surface area (TPSA) is 76.9 Å². The third-order valence-electron chi connectivity index (χ3n) is 4.14. The molecular formula is C19H20N4O2. The Morgan fingerprint density at radius 1 is 1.04 bits per heavy atom. The van der Waals surface area contributed by atoms with Crippen molar-refractivity contribution >= 4 is 22.8 Å². The first-order chi connectivity index (χ1) is 12.1. The predicted octanol–water partition coefficient (Wildman–Crippen LogP) is 2.98. The van der Waals surface area contributed by atoms with Crippen molar-refractivity contribution in [3.63, 3.8) is 0 Å². The quantitative estimate of drug-likeness (QED) is 0.777. The number of aromatic nitrogens is 3. The fraction of sp³-hybridized carbons (Fsp3) is 0.263. The van der Waals surface area contributed by atoms with Crippen LogP contribution in [0, 0.1) is 5.92 Å². The Bertz CT molecular complexity index is 887. The molecule has 0 aliphatic rings. The van der Waals surface area contributed by atoms with Crippen LogP contribution in [0.3, 0.4) is 0 Å². The highest BCUT2D eigenvalue weighted by molar-refractivity contribution is 6.04. The second kappa shape index (κ2) is 7.25. The molecule has 0 spiro atoms. The van der Waals surface area contributed by atoms with Crippen LogP contribution in [0.2, 0.25) is 0 Å². The van der Waals surface area contributed by atoms with Crippen molar-refractivity contribution in [1.29, 1.82) is 0 Å². The second-order valence-electron chi connectivity index (χ2n) is 6.28. The van der Waals surface area contributed by atoms with Gasteiger partial charge in [-0.05, 0) is 30.2 Å². The fourth-order valence-electron chi connectivity index (χ4n) is 2.77. The van der Waals surface area contributed by atoms with E-state index in [0.29, 0.717) is 5.56 Å². The molecule has 3 aromatic rings. The van der Waals surface area contributed by atoms with Crippen molar-refractivity contribution in [2.24, 2.45) is 5.92 Å². The molecule has 3 rings (SSSR count). The minimum absolute atomic E-state index is 0.155. The Balaban J connectivity index is 1.76. The molecule has 0 fully saturated rings. The average Bonchev–Trinajstić information content (AvgIpc) is 3.04. The number of carbonyl (C=O) groups is 2. The maximum absolute atomic E-state index is 12.4. The molecule has 1 aromatic heterocycles. The Morgan fingerprint density at radius 2 is 1.72 bits per heavy atom. The van der Waals surface area contributed by atoms with Gasteiger partial charge in [-0.2, -0.15) is 0 Å². The summed E-state index contributed by atoms with van der Waals surface area (Å²) in [4.78, 5) is 24.5. The number of para-hydroxylation sites is 1. The number of hydrogen-bond acceptors (Lipinski definition) is 4. The summed E-state index contributed by atoms with van der Waals surface area (Å²) in [5.41, 5.74) is 2.13. The van der Waals surface area contributed by atoms with Crippen LogP contribution in [0.1, 0.15) is 36.7 Å². The molecule has 2 amide bonds. The van der Waals surface area contributed by atoms with Crippen LogP contribution in [0.25, 0.3) is 11.0 Å². The molecule has 2 aromatic carbocycles. The van der Waals surface area contributed by atoms with Crippen molar-refractivity contribution in [3.05, 3.63) is 60.2 Å². The van der Waals surface area contributed by atoms with Gasteiger partial charge in [-0.25, -0.2) is 4.68 Å². The van der Waals surface area contributed by atoms with E-state index in [0.717, 1.165) is 11.0 Å². The van der Waals surface area contributed by atoms with E-state index in [2.05, 4.69) is 15.6 Å². The summed E-state index contributed by atoms with van der Waals surface area (Å²) in [7, 11) is 0. The lowest BCUT2D eigenvalue weighted by Gasteiger charge is -2.21. The van der Waals surface area contributed by atoms with Crippen molar-refractivity contribution in [2.75, 3.05) is 0 Å². The van der Waals surface area contributed by atoms with Gasteiger partial charge in [0, 0.05) is 12.0 Å². The largest absolute Gasteiger partial charge is 0.292 e. The first-order valence-electron chi connectivity index (χ1n) is 8.25. The van der Waals surface area contributed by atoms with Gasteiger partial charge >= 0.3 is 0 Å². The van der Waals surface area contributed by atoms with E-state index in [1.54, 1.807) is 28.9 Å². The Morgan fingerprint density at radius 3 is 2.44 bits per heavy atom. The van der Waals surface area contributed by atoms with Gasteiger partial charge in [0.25, 0.3) is 5.91 Å². The Labute approximate surface area is 145 Å². The van der Waals surface area contributed by atoms with Crippen LogP contribution in [0.5, 0.6) is 0 Å². The van der Waals surface area contributed by atoms with Crippen LogP contribution in [0.15, 0.2) is 54.6 Å². The van der Waals surface area contributed by atoms with Crippen molar-refractivity contribution in [2.45, 2.75) is 26.3 Å². The monoisotopic (exact) mass is 336 g/mol. The minimum atomic E-state index is -0.392. The van der Waals surface area contributed by atoms with Gasteiger partial charge in [0.05, 0.1) is 11.6 Å². The highest BCUT2D eigenvalue weighted by atomic mass is 16.2. The highest BCUT2D eigenvalue weighted by Gasteiger charge is 2.23. The molecule has 1 atom stereocenters. The molecule has 0 aliphatic heterocycles. The highest BCUT2D eigenvalue weighted by Crippen LogP contribution is 2.24. The number of imide groups is 1. The van der Waals surface area contributed by atoms with Gasteiger partial charge < -0.3 is 0 Å². The fourth-order valence-corrected chi connectivity index (χ4v) is 2.77. The number of amides is 2. The lowest BCUT2D eigenvalue weighted by molar-refractivity contribution is -0.121. The van der Waals surface area contributed by atoms with Crippen LogP contribution in [-0.4, -0.2) is 26.8 Å². The average molecular weight is 336 g/mol. The summed E-state index contributed by atoms with van der Waals surface area (Å²) >= 11 is 0. The normalized spacial score (nSPS) is 12.3. The van der Waals surface area contributed by atoms with Gasteiger partial charge in [0.2, 0.25) is 5.91 Å². The summed E-state index contributed by atoms with van der Waals surface area (Å²) in [6, 6.07) is 16.1. The minimum Gasteiger partial charge on any atom is -0.292 e. The number of benzene rings is 2. The van der Waals surface area contributed by atoms with Gasteiger partial charge in [0.1, 0.15) is 5.52 Å². The van der Waals surface area contributed by atoms with E-state index < -0.39 is 5.91 Å². The van der Waals surface area contributed by atoms with Gasteiger partial charge in [-0.15, -0.1) is 5.10 Å². The molecule has 128 valence electrons. The van der Waals surface area contributed by atoms with E-state index >= 15 is 0 Å². The number of nitrogens with zero attached hydrogens (tertiary/aromatic N) is 3. The number of rotatable bonds is 5. The molecule has 0 saturated carbocycles. The number of fused-ring (bicyclic) bond motifs is 1. The van der Waals surface area contributed by atoms with Crippen molar-refractivity contribution in [1.82, 2.24) is 20.3 Å². The molecule has 0 saturated heterocycles. The summed E-state index contributed by atoms with van der Waals surface area (Å²) in [5, 5.41) is 10.8. The second-order valence-corrected chi connectivity index (χ2v) is 6.28. The molecule has 0 bridgehead atoms. The molecule has 1 unspecified atom stereocenters.